The quantitative estimate of drug-likeness (QED) is 0.479. The van der Waals surface area contributed by atoms with Gasteiger partial charge in [-0.2, -0.15) is 9.37 Å². The summed E-state index contributed by atoms with van der Waals surface area (Å²) in [4.78, 5) is 32.5. The molecule has 3 N–H and O–H groups in total. The summed E-state index contributed by atoms with van der Waals surface area (Å²) in [6.45, 7) is 1.92. The van der Waals surface area contributed by atoms with Gasteiger partial charge in [0.2, 0.25) is 5.82 Å². The molecule has 0 radical (unpaired) electrons. The van der Waals surface area contributed by atoms with Crippen LogP contribution in [0.4, 0.5) is 20.3 Å². The minimum Gasteiger partial charge on any atom is -0.433 e. The van der Waals surface area contributed by atoms with Crippen LogP contribution in [0.3, 0.4) is 0 Å². The summed E-state index contributed by atoms with van der Waals surface area (Å²) in [5.74, 6) is -3.96. The first-order valence-electron chi connectivity index (χ1n) is 9.67. The fraction of sp³-hybridized carbons (Fsp3) is 0.0435. The van der Waals surface area contributed by atoms with E-state index >= 15 is 0 Å². The van der Waals surface area contributed by atoms with Gasteiger partial charge in [-0.05, 0) is 43.3 Å². The third-order valence-corrected chi connectivity index (χ3v) is 4.68. The van der Waals surface area contributed by atoms with Crippen LogP contribution in [0.25, 0.3) is 5.69 Å². The van der Waals surface area contributed by atoms with Gasteiger partial charge in [-0.15, -0.1) is 0 Å². The molecule has 0 atom stereocenters. The number of ether oxygens (including phenoxy) is 1. The van der Waals surface area contributed by atoms with Gasteiger partial charge in [0.05, 0.1) is 0 Å². The van der Waals surface area contributed by atoms with Crippen molar-refractivity contribution in [1.82, 2.24) is 14.5 Å². The second-order valence-electron chi connectivity index (χ2n) is 7.01. The molecule has 4 aromatic rings. The van der Waals surface area contributed by atoms with Gasteiger partial charge in [-0.25, -0.2) is 9.37 Å². The molecule has 0 fully saturated rings. The number of nitrogens with one attached hydrogen (secondary N) is 1. The molecule has 0 unspecified atom stereocenters. The number of hydrogen-bond donors (Lipinski definition) is 2. The molecular weight excluding hydrogens is 432 g/mol. The van der Waals surface area contributed by atoms with Crippen molar-refractivity contribution in [3.63, 3.8) is 0 Å². The smallest absolute Gasteiger partial charge is 0.267 e. The molecule has 0 saturated carbocycles. The Labute approximate surface area is 186 Å². The second-order valence-corrected chi connectivity index (χ2v) is 7.01. The maximum Gasteiger partial charge on any atom is 0.267 e. The van der Waals surface area contributed by atoms with Crippen LogP contribution in [-0.2, 0) is 0 Å². The number of nitrogens with two attached hydrogens (primary N) is 1. The number of halogens is 2. The molecule has 2 aromatic heterocycles. The standard InChI is InChI=1S/C23H17F2N5O3/c1-13-4-7-15(8-5-13)30-10-2-3-16(23(30)32)21(31)29-14-6-9-18(17(24)11-14)33-22-19(25)20(26)27-12-28-22/h2-12H,1H3,(H,29,31)(H2,26,27,28). The third-order valence-electron chi connectivity index (χ3n) is 4.68. The molecule has 0 saturated heterocycles. The lowest BCUT2D eigenvalue weighted by Gasteiger charge is -2.11. The van der Waals surface area contributed by atoms with Crippen molar-refractivity contribution in [3.05, 3.63) is 100 Å². The number of amides is 1. The molecule has 166 valence electrons. The van der Waals surface area contributed by atoms with Crippen LogP contribution in [0.5, 0.6) is 11.6 Å². The molecule has 0 spiro atoms. The van der Waals surface area contributed by atoms with E-state index in [9.17, 15) is 18.4 Å². The van der Waals surface area contributed by atoms with E-state index in [4.69, 9.17) is 10.5 Å². The number of hydrogen-bond acceptors (Lipinski definition) is 6. The molecule has 10 heteroatoms. The highest BCUT2D eigenvalue weighted by Crippen LogP contribution is 2.28. The van der Waals surface area contributed by atoms with Crippen LogP contribution >= 0.6 is 0 Å². The monoisotopic (exact) mass is 449 g/mol. The number of rotatable bonds is 5. The van der Waals surface area contributed by atoms with E-state index in [0.29, 0.717) is 5.69 Å². The molecular formula is C23H17F2N5O3. The van der Waals surface area contributed by atoms with E-state index in [-0.39, 0.29) is 17.0 Å². The number of nitrogen functional groups attached to an aromatic ring is 1. The van der Waals surface area contributed by atoms with Gasteiger partial charge in [0.15, 0.2) is 17.4 Å². The van der Waals surface area contributed by atoms with Gasteiger partial charge < -0.3 is 15.8 Å². The molecule has 0 aliphatic heterocycles. The van der Waals surface area contributed by atoms with E-state index in [1.54, 1.807) is 24.4 Å². The summed E-state index contributed by atoms with van der Waals surface area (Å²) in [5, 5.41) is 2.47. The molecule has 1 amide bonds. The normalized spacial score (nSPS) is 10.6. The second kappa shape index (κ2) is 8.87. The molecule has 2 heterocycles. The van der Waals surface area contributed by atoms with E-state index in [1.807, 2.05) is 19.1 Å². The Kier molecular flexibility index (Phi) is 5.81. The van der Waals surface area contributed by atoms with Gasteiger partial charge in [0.25, 0.3) is 17.3 Å². The summed E-state index contributed by atoms with van der Waals surface area (Å²) in [6.07, 6.45) is 2.53. The van der Waals surface area contributed by atoms with E-state index in [0.717, 1.165) is 18.0 Å². The van der Waals surface area contributed by atoms with Gasteiger partial charge in [-0.3, -0.25) is 14.2 Å². The lowest BCUT2D eigenvalue weighted by molar-refractivity contribution is 0.102. The average Bonchev–Trinajstić information content (AvgIpc) is 2.79. The topological polar surface area (TPSA) is 112 Å². The summed E-state index contributed by atoms with van der Waals surface area (Å²) < 4.78 is 34.8. The molecule has 4 rings (SSSR count). The van der Waals surface area contributed by atoms with Gasteiger partial charge in [0, 0.05) is 23.6 Å². The summed E-state index contributed by atoms with van der Waals surface area (Å²) in [7, 11) is 0. The predicted octanol–water partition coefficient (Wildman–Crippen LogP) is 3.84. The first kappa shape index (κ1) is 21.6. The predicted molar refractivity (Wildman–Crippen MR) is 118 cm³/mol. The highest BCUT2D eigenvalue weighted by molar-refractivity contribution is 6.04. The number of carbonyl (C=O) groups excluding carboxylic acids is 1. The minimum absolute atomic E-state index is 0.0673. The highest BCUT2D eigenvalue weighted by atomic mass is 19.1. The number of carbonyl (C=O) groups is 1. The van der Waals surface area contributed by atoms with Crippen molar-refractivity contribution >= 4 is 17.4 Å². The number of aryl methyl sites for hydroxylation is 1. The highest BCUT2D eigenvalue weighted by Gasteiger charge is 2.16. The van der Waals surface area contributed by atoms with Crippen LogP contribution in [0, 0.1) is 18.6 Å². The molecule has 8 nitrogen and oxygen atoms in total. The summed E-state index contributed by atoms with van der Waals surface area (Å²) >= 11 is 0. The van der Waals surface area contributed by atoms with Crippen molar-refractivity contribution < 1.29 is 18.3 Å². The van der Waals surface area contributed by atoms with Crippen molar-refractivity contribution in [2.45, 2.75) is 6.92 Å². The van der Waals surface area contributed by atoms with Crippen LogP contribution in [0.2, 0.25) is 0 Å². The fourth-order valence-corrected chi connectivity index (χ4v) is 2.98. The SMILES string of the molecule is Cc1ccc(-n2cccc(C(=O)Nc3ccc(Oc4ncnc(N)c4F)c(F)c3)c2=O)cc1. The Morgan fingerprint density at radius 2 is 1.85 bits per heavy atom. The zero-order chi connectivity index (χ0) is 23.5. The van der Waals surface area contributed by atoms with E-state index < -0.39 is 34.8 Å². The van der Waals surface area contributed by atoms with Gasteiger partial charge >= 0.3 is 0 Å². The number of pyridine rings is 1. The molecule has 0 aliphatic rings. The van der Waals surface area contributed by atoms with Crippen molar-refractivity contribution in [3.8, 4) is 17.3 Å². The van der Waals surface area contributed by atoms with Crippen LogP contribution < -0.4 is 21.3 Å². The van der Waals surface area contributed by atoms with Crippen LogP contribution in [0.1, 0.15) is 15.9 Å². The molecule has 2 aromatic carbocycles. The Morgan fingerprint density at radius 3 is 2.58 bits per heavy atom. The average molecular weight is 449 g/mol. The fourth-order valence-electron chi connectivity index (χ4n) is 2.98. The summed E-state index contributed by atoms with van der Waals surface area (Å²) in [5.41, 5.74) is 6.38. The lowest BCUT2D eigenvalue weighted by Crippen LogP contribution is -2.27. The van der Waals surface area contributed by atoms with E-state index in [1.165, 1.54) is 22.8 Å². The largest absolute Gasteiger partial charge is 0.433 e. The van der Waals surface area contributed by atoms with Gasteiger partial charge in [0.1, 0.15) is 11.9 Å². The zero-order valence-corrected chi connectivity index (χ0v) is 17.3. The van der Waals surface area contributed by atoms with Crippen molar-refractivity contribution in [2.75, 3.05) is 11.1 Å². The minimum atomic E-state index is -1.02. The first-order valence-corrected chi connectivity index (χ1v) is 9.67. The van der Waals surface area contributed by atoms with Crippen molar-refractivity contribution in [1.29, 1.82) is 0 Å². The van der Waals surface area contributed by atoms with Gasteiger partial charge in [-0.1, -0.05) is 17.7 Å². The molecule has 0 bridgehead atoms. The maximum atomic E-state index is 14.5. The Balaban J connectivity index is 1.55. The molecule has 0 aliphatic carbocycles. The van der Waals surface area contributed by atoms with Crippen molar-refractivity contribution in [2.24, 2.45) is 0 Å². The number of nitrogens with zero attached hydrogens (tertiary/aromatic N) is 3. The van der Waals surface area contributed by atoms with E-state index in [2.05, 4.69) is 15.3 Å². The Hall–Kier alpha value is -4.60. The molecule has 33 heavy (non-hydrogen) atoms. The van der Waals surface area contributed by atoms with Crippen LogP contribution in [-0.4, -0.2) is 20.4 Å². The number of benzene rings is 2. The number of aromatic nitrogens is 3. The lowest BCUT2D eigenvalue weighted by atomic mass is 10.2. The zero-order valence-electron chi connectivity index (χ0n) is 17.3. The Bertz CT molecular complexity index is 1400. The third kappa shape index (κ3) is 4.54. The number of anilines is 2. The Morgan fingerprint density at radius 1 is 1.09 bits per heavy atom. The van der Waals surface area contributed by atoms with Crippen LogP contribution in [0.15, 0.2) is 71.9 Å². The first-order chi connectivity index (χ1) is 15.8. The maximum absolute atomic E-state index is 14.5. The summed E-state index contributed by atoms with van der Waals surface area (Å²) in [6, 6.07) is 13.6.